The molecule has 4 rings (SSSR count). The maximum absolute atomic E-state index is 12.2. The van der Waals surface area contributed by atoms with Crippen LogP contribution in [0.15, 0.2) is 47.3 Å². The molecule has 1 amide bonds. The largest absolute Gasteiger partial charge is 0.483 e. The fourth-order valence-electron chi connectivity index (χ4n) is 2.83. The summed E-state index contributed by atoms with van der Waals surface area (Å²) >= 11 is 0. The van der Waals surface area contributed by atoms with Gasteiger partial charge in [0.1, 0.15) is 12.0 Å². The number of rotatable bonds is 6. The number of carbonyl (C=O) groups excluding carboxylic acids is 1. The molecule has 0 spiro atoms. The average molecular weight is 337 g/mol. The first-order chi connectivity index (χ1) is 12.2. The minimum absolute atomic E-state index is 0.160. The molecule has 6 nitrogen and oxygen atoms in total. The van der Waals surface area contributed by atoms with Crippen molar-refractivity contribution < 1.29 is 13.9 Å². The molecule has 1 atom stereocenters. The topological polar surface area (TPSA) is 77.2 Å². The summed E-state index contributed by atoms with van der Waals surface area (Å²) in [4.78, 5) is 20.5. The van der Waals surface area contributed by atoms with Gasteiger partial charge in [-0.15, -0.1) is 0 Å². The van der Waals surface area contributed by atoms with Gasteiger partial charge in [0.25, 0.3) is 5.91 Å². The molecular weight excluding hydrogens is 318 g/mol. The SMILES string of the molecule is C[C@H](NC(=O)c1coc(COc2cccc3cnccc23)n1)C1CC1. The van der Waals surface area contributed by atoms with Crippen molar-refractivity contribution in [1.29, 1.82) is 0 Å². The summed E-state index contributed by atoms with van der Waals surface area (Å²) in [6, 6.07) is 7.85. The third-order valence-corrected chi connectivity index (χ3v) is 4.46. The summed E-state index contributed by atoms with van der Waals surface area (Å²) in [5.41, 5.74) is 0.285. The zero-order chi connectivity index (χ0) is 17.2. The van der Waals surface area contributed by atoms with Crippen LogP contribution in [-0.2, 0) is 6.61 Å². The fourth-order valence-corrected chi connectivity index (χ4v) is 2.83. The lowest BCUT2D eigenvalue weighted by atomic mass is 10.1. The number of benzene rings is 1. The monoisotopic (exact) mass is 337 g/mol. The van der Waals surface area contributed by atoms with Gasteiger partial charge < -0.3 is 14.5 Å². The molecule has 0 aliphatic heterocycles. The zero-order valence-electron chi connectivity index (χ0n) is 13.9. The van der Waals surface area contributed by atoms with E-state index in [1.54, 1.807) is 12.4 Å². The second kappa shape index (κ2) is 6.55. The Labute approximate surface area is 145 Å². The average Bonchev–Trinajstić information content (AvgIpc) is 3.38. The van der Waals surface area contributed by atoms with E-state index in [2.05, 4.69) is 15.3 Å². The predicted octanol–water partition coefficient (Wildman–Crippen LogP) is 3.33. The Hall–Kier alpha value is -2.89. The molecule has 2 heterocycles. The van der Waals surface area contributed by atoms with Gasteiger partial charge in [-0.25, -0.2) is 4.98 Å². The number of pyridine rings is 1. The highest BCUT2D eigenvalue weighted by Gasteiger charge is 2.29. The first-order valence-electron chi connectivity index (χ1n) is 8.41. The molecule has 2 aromatic heterocycles. The van der Waals surface area contributed by atoms with Crippen LogP contribution in [-0.4, -0.2) is 21.9 Å². The van der Waals surface area contributed by atoms with Crippen LogP contribution < -0.4 is 10.1 Å². The Morgan fingerprint density at radius 3 is 3.12 bits per heavy atom. The van der Waals surface area contributed by atoms with Crippen molar-refractivity contribution in [2.45, 2.75) is 32.4 Å². The van der Waals surface area contributed by atoms with Crippen LogP contribution in [0.25, 0.3) is 10.8 Å². The number of fused-ring (bicyclic) bond motifs is 1. The van der Waals surface area contributed by atoms with Crippen LogP contribution in [0.1, 0.15) is 36.1 Å². The predicted molar refractivity (Wildman–Crippen MR) is 92.2 cm³/mol. The van der Waals surface area contributed by atoms with E-state index in [0.717, 1.165) is 16.5 Å². The van der Waals surface area contributed by atoms with Crippen LogP contribution in [0.3, 0.4) is 0 Å². The van der Waals surface area contributed by atoms with Gasteiger partial charge in [0.2, 0.25) is 5.89 Å². The second-order valence-electron chi connectivity index (χ2n) is 6.37. The first kappa shape index (κ1) is 15.6. The van der Waals surface area contributed by atoms with Gasteiger partial charge in [-0.2, -0.15) is 0 Å². The summed E-state index contributed by atoms with van der Waals surface area (Å²) in [7, 11) is 0. The highest BCUT2D eigenvalue weighted by molar-refractivity contribution is 5.92. The van der Waals surface area contributed by atoms with Gasteiger partial charge in [-0.05, 0) is 37.8 Å². The lowest BCUT2D eigenvalue weighted by Crippen LogP contribution is -2.34. The molecular formula is C19H19N3O3. The van der Waals surface area contributed by atoms with E-state index < -0.39 is 0 Å². The number of hydrogen-bond acceptors (Lipinski definition) is 5. The molecule has 3 aromatic rings. The summed E-state index contributed by atoms with van der Waals surface area (Å²) in [6.07, 6.45) is 7.25. The van der Waals surface area contributed by atoms with Gasteiger partial charge in [-0.1, -0.05) is 12.1 Å². The van der Waals surface area contributed by atoms with E-state index in [0.29, 0.717) is 11.8 Å². The maximum atomic E-state index is 12.2. The third-order valence-electron chi connectivity index (χ3n) is 4.46. The van der Waals surface area contributed by atoms with Crippen molar-refractivity contribution in [3.8, 4) is 5.75 Å². The summed E-state index contributed by atoms with van der Waals surface area (Å²) in [5.74, 6) is 1.49. The molecule has 1 saturated carbocycles. The van der Waals surface area contributed by atoms with Crippen molar-refractivity contribution >= 4 is 16.7 Å². The van der Waals surface area contributed by atoms with E-state index in [4.69, 9.17) is 9.15 Å². The number of nitrogens with one attached hydrogen (secondary N) is 1. The van der Waals surface area contributed by atoms with E-state index in [1.165, 1.54) is 19.1 Å². The number of amides is 1. The number of ether oxygens (including phenoxy) is 1. The Bertz CT molecular complexity index is 896. The first-order valence-corrected chi connectivity index (χ1v) is 8.41. The lowest BCUT2D eigenvalue weighted by Gasteiger charge is -2.10. The van der Waals surface area contributed by atoms with Gasteiger partial charge in [-0.3, -0.25) is 9.78 Å². The van der Waals surface area contributed by atoms with Crippen LogP contribution in [0, 0.1) is 5.92 Å². The second-order valence-corrected chi connectivity index (χ2v) is 6.37. The number of carbonyl (C=O) groups is 1. The smallest absolute Gasteiger partial charge is 0.273 e. The van der Waals surface area contributed by atoms with Gasteiger partial charge >= 0.3 is 0 Å². The molecule has 1 N–H and O–H groups in total. The molecule has 1 aliphatic carbocycles. The zero-order valence-corrected chi connectivity index (χ0v) is 13.9. The number of hydrogen-bond donors (Lipinski definition) is 1. The molecule has 0 radical (unpaired) electrons. The molecule has 1 fully saturated rings. The number of oxazole rings is 1. The molecule has 0 bridgehead atoms. The van der Waals surface area contributed by atoms with E-state index >= 15 is 0 Å². The van der Waals surface area contributed by atoms with Crippen LogP contribution in [0.5, 0.6) is 5.75 Å². The van der Waals surface area contributed by atoms with Gasteiger partial charge in [0, 0.05) is 29.2 Å². The van der Waals surface area contributed by atoms with E-state index in [-0.39, 0.29) is 24.2 Å². The Morgan fingerprint density at radius 1 is 1.40 bits per heavy atom. The Morgan fingerprint density at radius 2 is 2.28 bits per heavy atom. The minimum atomic E-state index is -0.203. The minimum Gasteiger partial charge on any atom is -0.483 e. The Balaban J connectivity index is 1.41. The maximum Gasteiger partial charge on any atom is 0.273 e. The molecule has 6 heteroatoms. The number of nitrogens with zero attached hydrogens (tertiary/aromatic N) is 2. The van der Waals surface area contributed by atoms with Crippen molar-refractivity contribution in [1.82, 2.24) is 15.3 Å². The lowest BCUT2D eigenvalue weighted by molar-refractivity contribution is 0.0930. The standard InChI is InChI=1S/C19H19N3O3/c1-12(13-5-6-13)21-19(23)16-10-25-18(22-16)11-24-17-4-2-3-14-9-20-8-7-15(14)17/h2-4,7-10,12-13H,5-6,11H2,1H3,(H,21,23)/t12-/m0/s1. The number of aromatic nitrogens is 2. The van der Waals surface area contributed by atoms with Crippen LogP contribution >= 0.6 is 0 Å². The van der Waals surface area contributed by atoms with Crippen molar-refractivity contribution in [2.75, 3.05) is 0 Å². The summed E-state index contributed by atoms with van der Waals surface area (Å²) in [6.45, 7) is 2.18. The normalized spacial score (nSPS) is 15.1. The fraction of sp³-hybridized carbons (Fsp3) is 0.316. The third kappa shape index (κ3) is 3.47. The molecule has 0 unspecified atom stereocenters. The van der Waals surface area contributed by atoms with E-state index in [1.807, 2.05) is 31.2 Å². The van der Waals surface area contributed by atoms with Crippen molar-refractivity contribution in [3.63, 3.8) is 0 Å². The molecule has 128 valence electrons. The molecule has 1 aliphatic rings. The highest BCUT2D eigenvalue weighted by Crippen LogP contribution is 2.32. The van der Waals surface area contributed by atoms with E-state index in [9.17, 15) is 4.79 Å². The summed E-state index contributed by atoms with van der Waals surface area (Å²) in [5, 5.41) is 4.93. The quantitative estimate of drug-likeness (QED) is 0.746. The highest BCUT2D eigenvalue weighted by atomic mass is 16.5. The van der Waals surface area contributed by atoms with Gasteiger partial charge in [0.05, 0.1) is 0 Å². The molecule has 1 aromatic carbocycles. The Kier molecular flexibility index (Phi) is 4.09. The van der Waals surface area contributed by atoms with Gasteiger partial charge in [0.15, 0.2) is 12.3 Å². The molecule has 0 saturated heterocycles. The summed E-state index contributed by atoms with van der Waals surface area (Å²) < 4.78 is 11.2. The van der Waals surface area contributed by atoms with Crippen molar-refractivity contribution in [3.05, 3.63) is 54.5 Å². The van der Waals surface area contributed by atoms with Crippen LogP contribution in [0.4, 0.5) is 0 Å². The molecule has 25 heavy (non-hydrogen) atoms. The van der Waals surface area contributed by atoms with Crippen LogP contribution in [0.2, 0.25) is 0 Å². The van der Waals surface area contributed by atoms with Crippen molar-refractivity contribution in [2.24, 2.45) is 5.92 Å².